The molecule has 0 unspecified atom stereocenters. The van der Waals surface area contributed by atoms with Gasteiger partial charge in [-0.3, -0.25) is 14.4 Å². The van der Waals surface area contributed by atoms with Gasteiger partial charge in [0.25, 0.3) is 5.91 Å². The van der Waals surface area contributed by atoms with Crippen molar-refractivity contribution in [1.82, 2.24) is 0 Å². The lowest BCUT2D eigenvalue weighted by atomic mass is 10.1. The van der Waals surface area contributed by atoms with Gasteiger partial charge in [0, 0.05) is 17.7 Å². The number of carbonyl (C=O) groups excluding carboxylic acids is 3. The highest BCUT2D eigenvalue weighted by atomic mass is 16.5. The van der Waals surface area contributed by atoms with Crippen molar-refractivity contribution in [3.63, 3.8) is 0 Å². The molecule has 7 heteroatoms. The van der Waals surface area contributed by atoms with E-state index < -0.39 is 11.9 Å². The van der Waals surface area contributed by atoms with Crippen LogP contribution in [0.3, 0.4) is 0 Å². The highest BCUT2D eigenvalue weighted by Crippen LogP contribution is 2.27. The molecule has 0 aliphatic heterocycles. The van der Waals surface area contributed by atoms with Crippen molar-refractivity contribution in [3.05, 3.63) is 53.6 Å². The molecule has 1 amide bonds. The van der Waals surface area contributed by atoms with E-state index in [1.165, 1.54) is 6.92 Å². The average Bonchev–Trinajstić information content (AvgIpc) is 2.70. The minimum atomic E-state index is -0.475. The van der Waals surface area contributed by atoms with Gasteiger partial charge < -0.3 is 19.5 Å². The number of Topliss-reactive ketones (excluding diaryl/α,β-unsaturated/α-hetero) is 1. The maximum atomic E-state index is 11.9. The number of methoxy groups -OCH3 is 2. The molecule has 0 saturated carbocycles. The molecule has 0 atom stereocenters. The molecule has 2 aromatic carbocycles. The zero-order valence-corrected chi connectivity index (χ0v) is 16.1. The molecule has 0 bridgehead atoms. The number of amides is 1. The SMILES string of the molecule is COc1ccc(CCC(=O)OCC(=O)Nc2ccc(C(C)=O)cc2)cc1OC. The quantitative estimate of drug-likeness (QED) is 0.527. The molecule has 0 aliphatic carbocycles. The van der Waals surface area contributed by atoms with Crippen LogP contribution in [0, 0.1) is 0 Å². The van der Waals surface area contributed by atoms with Gasteiger partial charge in [-0.05, 0) is 55.3 Å². The molecule has 148 valence electrons. The second kappa shape index (κ2) is 10.1. The molecule has 0 aromatic heterocycles. The van der Waals surface area contributed by atoms with Gasteiger partial charge in [0.15, 0.2) is 23.9 Å². The van der Waals surface area contributed by atoms with Crippen LogP contribution in [0.25, 0.3) is 0 Å². The summed E-state index contributed by atoms with van der Waals surface area (Å²) in [6.07, 6.45) is 0.587. The molecule has 2 aromatic rings. The van der Waals surface area contributed by atoms with Crippen molar-refractivity contribution in [2.45, 2.75) is 19.8 Å². The van der Waals surface area contributed by atoms with E-state index in [0.29, 0.717) is 29.2 Å². The number of carbonyl (C=O) groups is 3. The molecule has 0 radical (unpaired) electrons. The van der Waals surface area contributed by atoms with Crippen molar-refractivity contribution >= 4 is 23.3 Å². The highest BCUT2D eigenvalue weighted by Gasteiger charge is 2.10. The predicted octanol–water partition coefficient (Wildman–Crippen LogP) is 3.02. The Hall–Kier alpha value is -3.35. The number of ether oxygens (including phenoxy) is 3. The van der Waals surface area contributed by atoms with Gasteiger partial charge >= 0.3 is 5.97 Å². The van der Waals surface area contributed by atoms with Crippen LogP contribution in [0.4, 0.5) is 5.69 Å². The third-order valence-corrected chi connectivity index (χ3v) is 4.01. The molecule has 0 saturated heterocycles. The van der Waals surface area contributed by atoms with Gasteiger partial charge in [0.2, 0.25) is 0 Å². The summed E-state index contributed by atoms with van der Waals surface area (Å²) < 4.78 is 15.4. The Balaban J connectivity index is 1.77. The van der Waals surface area contributed by atoms with Crippen LogP contribution in [0.15, 0.2) is 42.5 Å². The normalized spacial score (nSPS) is 10.1. The zero-order chi connectivity index (χ0) is 20.5. The van der Waals surface area contributed by atoms with Gasteiger partial charge in [-0.25, -0.2) is 0 Å². The summed E-state index contributed by atoms with van der Waals surface area (Å²) in [5.41, 5.74) is 1.97. The number of aryl methyl sites for hydroxylation is 1. The average molecular weight is 385 g/mol. The fourth-order valence-corrected chi connectivity index (χ4v) is 2.49. The van der Waals surface area contributed by atoms with E-state index in [2.05, 4.69) is 5.32 Å². The van der Waals surface area contributed by atoms with Gasteiger partial charge in [0.1, 0.15) is 0 Å². The second-order valence-electron chi connectivity index (χ2n) is 6.03. The van der Waals surface area contributed by atoms with E-state index in [9.17, 15) is 14.4 Å². The van der Waals surface area contributed by atoms with E-state index in [-0.39, 0.29) is 18.8 Å². The van der Waals surface area contributed by atoms with E-state index in [1.807, 2.05) is 6.07 Å². The maximum Gasteiger partial charge on any atom is 0.306 e. The predicted molar refractivity (Wildman–Crippen MR) is 104 cm³/mol. The van der Waals surface area contributed by atoms with E-state index in [0.717, 1.165) is 5.56 Å². The van der Waals surface area contributed by atoms with Crippen LogP contribution in [-0.4, -0.2) is 38.5 Å². The summed E-state index contributed by atoms with van der Waals surface area (Å²) in [5, 5.41) is 2.61. The van der Waals surface area contributed by atoms with Crippen molar-refractivity contribution in [1.29, 1.82) is 0 Å². The molecule has 28 heavy (non-hydrogen) atoms. The van der Waals surface area contributed by atoms with Crippen molar-refractivity contribution in [3.8, 4) is 11.5 Å². The Kier molecular flexibility index (Phi) is 7.56. The molecule has 0 spiro atoms. The molecule has 0 aliphatic rings. The summed E-state index contributed by atoms with van der Waals surface area (Å²) in [4.78, 5) is 35.0. The molecular weight excluding hydrogens is 362 g/mol. The number of hydrogen-bond donors (Lipinski definition) is 1. The summed E-state index contributed by atoms with van der Waals surface area (Å²) in [5.74, 6) is 0.221. The Bertz CT molecular complexity index is 844. The standard InChI is InChI=1S/C21H23NO6/c1-14(23)16-6-8-17(9-7-16)22-20(24)13-28-21(25)11-5-15-4-10-18(26-2)19(12-15)27-3/h4,6-10,12H,5,11,13H2,1-3H3,(H,22,24). The van der Waals surface area contributed by atoms with Crippen molar-refractivity contribution < 1.29 is 28.6 Å². The van der Waals surface area contributed by atoms with E-state index >= 15 is 0 Å². The molecule has 1 N–H and O–H groups in total. The number of hydrogen-bond acceptors (Lipinski definition) is 6. The monoisotopic (exact) mass is 385 g/mol. The summed E-state index contributed by atoms with van der Waals surface area (Å²) in [7, 11) is 3.10. The van der Waals surface area contributed by atoms with Gasteiger partial charge in [-0.15, -0.1) is 0 Å². The number of ketones is 1. The first-order chi connectivity index (χ1) is 13.4. The van der Waals surface area contributed by atoms with Crippen LogP contribution in [0.2, 0.25) is 0 Å². The maximum absolute atomic E-state index is 11.9. The fourth-order valence-electron chi connectivity index (χ4n) is 2.49. The first-order valence-corrected chi connectivity index (χ1v) is 8.70. The first-order valence-electron chi connectivity index (χ1n) is 8.70. The number of nitrogens with one attached hydrogen (secondary N) is 1. The summed E-state index contributed by atoms with van der Waals surface area (Å²) in [6, 6.07) is 11.9. The Morgan fingerprint density at radius 2 is 1.61 bits per heavy atom. The second-order valence-corrected chi connectivity index (χ2v) is 6.03. The zero-order valence-electron chi connectivity index (χ0n) is 16.1. The number of rotatable bonds is 9. The van der Waals surface area contributed by atoms with Gasteiger partial charge in [0.05, 0.1) is 14.2 Å². The third kappa shape index (κ3) is 6.12. The third-order valence-electron chi connectivity index (χ3n) is 4.01. The molecule has 2 rings (SSSR count). The van der Waals surface area contributed by atoms with E-state index in [4.69, 9.17) is 14.2 Å². The van der Waals surface area contributed by atoms with Crippen LogP contribution in [-0.2, 0) is 20.7 Å². The van der Waals surface area contributed by atoms with Crippen molar-refractivity contribution in [2.24, 2.45) is 0 Å². The lowest BCUT2D eigenvalue weighted by Crippen LogP contribution is -2.21. The lowest BCUT2D eigenvalue weighted by Gasteiger charge is -2.10. The van der Waals surface area contributed by atoms with Crippen LogP contribution >= 0.6 is 0 Å². The Labute approximate surface area is 163 Å². The van der Waals surface area contributed by atoms with Crippen molar-refractivity contribution in [2.75, 3.05) is 26.1 Å². The number of esters is 1. The number of benzene rings is 2. The Morgan fingerprint density at radius 3 is 2.21 bits per heavy atom. The Morgan fingerprint density at radius 1 is 0.929 bits per heavy atom. The molecule has 0 heterocycles. The van der Waals surface area contributed by atoms with E-state index in [1.54, 1.807) is 50.6 Å². The summed E-state index contributed by atoms with van der Waals surface area (Å²) in [6.45, 7) is 1.09. The molecular formula is C21H23NO6. The highest BCUT2D eigenvalue weighted by molar-refractivity contribution is 5.96. The lowest BCUT2D eigenvalue weighted by molar-refractivity contribution is -0.147. The van der Waals surface area contributed by atoms with Gasteiger partial charge in [-0.1, -0.05) is 6.07 Å². The largest absolute Gasteiger partial charge is 0.493 e. The number of anilines is 1. The summed E-state index contributed by atoms with van der Waals surface area (Å²) >= 11 is 0. The minimum Gasteiger partial charge on any atom is -0.493 e. The fraction of sp³-hybridized carbons (Fsp3) is 0.286. The molecule has 0 fully saturated rings. The topological polar surface area (TPSA) is 90.9 Å². The molecule has 7 nitrogen and oxygen atoms in total. The van der Waals surface area contributed by atoms with Crippen LogP contribution in [0.5, 0.6) is 11.5 Å². The first kappa shape index (κ1) is 21.0. The van der Waals surface area contributed by atoms with Crippen LogP contribution in [0.1, 0.15) is 29.3 Å². The minimum absolute atomic E-state index is 0.0544. The van der Waals surface area contributed by atoms with Crippen LogP contribution < -0.4 is 14.8 Å². The van der Waals surface area contributed by atoms with Gasteiger partial charge in [-0.2, -0.15) is 0 Å². The smallest absolute Gasteiger partial charge is 0.306 e.